The highest BCUT2D eigenvalue weighted by molar-refractivity contribution is 5.98. The third-order valence-electron chi connectivity index (χ3n) is 4.40. The van der Waals surface area contributed by atoms with Gasteiger partial charge in [0.05, 0.1) is 5.56 Å². The fourth-order valence-electron chi connectivity index (χ4n) is 2.85. The second-order valence-electron chi connectivity index (χ2n) is 6.56. The Morgan fingerprint density at radius 3 is 2.16 bits per heavy atom. The number of ether oxygens (including phenoxy) is 1. The number of rotatable bonds is 4. The first-order chi connectivity index (χ1) is 11.7. The van der Waals surface area contributed by atoms with E-state index in [1.54, 1.807) is 13.0 Å². The highest BCUT2D eigenvalue weighted by Gasteiger charge is 2.21. The second-order valence-corrected chi connectivity index (χ2v) is 6.56. The summed E-state index contributed by atoms with van der Waals surface area (Å²) in [4.78, 5) is 24.8. The Bertz CT molecular complexity index is 801. The Labute approximate surface area is 149 Å². The van der Waals surface area contributed by atoms with Gasteiger partial charge in [-0.2, -0.15) is 0 Å². The topological polar surface area (TPSA) is 55.4 Å². The molecular weight excluding hydrogens is 314 g/mol. The molecule has 0 aliphatic carbocycles. The van der Waals surface area contributed by atoms with Gasteiger partial charge in [-0.25, -0.2) is 4.79 Å². The van der Waals surface area contributed by atoms with Gasteiger partial charge in [-0.05, 0) is 69.9 Å². The molecule has 25 heavy (non-hydrogen) atoms. The maximum Gasteiger partial charge on any atom is 0.339 e. The van der Waals surface area contributed by atoms with Gasteiger partial charge in [0.2, 0.25) is 0 Å². The molecule has 0 radical (unpaired) electrons. The van der Waals surface area contributed by atoms with E-state index >= 15 is 0 Å². The Morgan fingerprint density at radius 2 is 1.56 bits per heavy atom. The zero-order chi connectivity index (χ0) is 18.7. The van der Waals surface area contributed by atoms with Gasteiger partial charge in [0, 0.05) is 5.69 Å². The minimum absolute atomic E-state index is 0.339. The Kier molecular flexibility index (Phi) is 5.62. The van der Waals surface area contributed by atoms with Crippen molar-refractivity contribution in [3.63, 3.8) is 0 Å². The van der Waals surface area contributed by atoms with Crippen LogP contribution in [-0.4, -0.2) is 18.0 Å². The largest absolute Gasteiger partial charge is 0.449 e. The van der Waals surface area contributed by atoms with Crippen LogP contribution in [0.4, 0.5) is 5.69 Å². The summed E-state index contributed by atoms with van der Waals surface area (Å²) in [5.41, 5.74) is 6.25. The van der Waals surface area contributed by atoms with E-state index in [0.29, 0.717) is 5.56 Å². The first kappa shape index (κ1) is 18.7. The van der Waals surface area contributed by atoms with Crippen molar-refractivity contribution >= 4 is 17.6 Å². The molecule has 1 N–H and O–H groups in total. The van der Waals surface area contributed by atoms with E-state index in [2.05, 4.69) is 5.32 Å². The summed E-state index contributed by atoms with van der Waals surface area (Å²) in [6.07, 6.45) is -0.882. The van der Waals surface area contributed by atoms with E-state index in [0.717, 1.165) is 33.5 Å². The molecular formula is C21H25NO3. The molecule has 0 aliphatic rings. The standard InChI is InChI=1S/C21H25NO3/c1-12-10-14(3)19(15(4)11-12)22-20(23)17(6)25-21(24)18-9-7-8-13(2)16(18)5/h7-11,17H,1-6H3,(H,22,23)/t17-/m1/s1. The number of anilines is 1. The summed E-state index contributed by atoms with van der Waals surface area (Å²) >= 11 is 0. The van der Waals surface area contributed by atoms with Crippen molar-refractivity contribution < 1.29 is 14.3 Å². The van der Waals surface area contributed by atoms with E-state index in [1.807, 2.05) is 58.9 Å². The number of hydrogen-bond donors (Lipinski definition) is 1. The van der Waals surface area contributed by atoms with Gasteiger partial charge in [-0.15, -0.1) is 0 Å². The lowest BCUT2D eigenvalue weighted by molar-refractivity contribution is -0.123. The van der Waals surface area contributed by atoms with Crippen LogP contribution in [0.2, 0.25) is 0 Å². The lowest BCUT2D eigenvalue weighted by Crippen LogP contribution is -2.30. The number of nitrogens with one attached hydrogen (secondary N) is 1. The first-order valence-corrected chi connectivity index (χ1v) is 8.36. The molecule has 0 aromatic heterocycles. The third kappa shape index (κ3) is 4.27. The van der Waals surface area contributed by atoms with Crippen LogP contribution >= 0.6 is 0 Å². The maximum absolute atomic E-state index is 12.4. The van der Waals surface area contributed by atoms with Gasteiger partial charge >= 0.3 is 5.97 Å². The van der Waals surface area contributed by atoms with Gasteiger partial charge in [0.25, 0.3) is 5.91 Å². The van der Waals surface area contributed by atoms with Gasteiger partial charge in [-0.1, -0.05) is 29.8 Å². The minimum atomic E-state index is -0.882. The molecule has 0 saturated heterocycles. The smallest absolute Gasteiger partial charge is 0.339 e. The molecule has 1 atom stereocenters. The summed E-state index contributed by atoms with van der Waals surface area (Å²) in [5, 5.41) is 2.87. The lowest BCUT2D eigenvalue weighted by Gasteiger charge is -2.17. The molecule has 0 saturated carbocycles. The van der Waals surface area contributed by atoms with Crippen LogP contribution in [0.25, 0.3) is 0 Å². The zero-order valence-electron chi connectivity index (χ0n) is 15.7. The van der Waals surface area contributed by atoms with Gasteiger partial charge in [0.15, 0.2) is 6.10 Å². The number of amides is 1. The van der Waals surface area contributed by atoms with E-state index in [1.165, 1.54) is 0 Å². The fourth-order valence-corrected chi connectivity index (χ4v) is 2.85. The monoisotopic (exact) mass is 339 g/mol. The summed E-state index contributed by atoms with van der Waals surface area (Å²) < 4.78 is 5.36. The van der Waals surface area contributed by atoms with Gasteiger partial charge in [0.1, 0.15) is 0 Å². The SMILES string of the molecule is Cc1cc(C)c(NC(=O)[C@@H](C)OC(=O)c2cccc(C)c2C)c(C)c1. The molecule has 0 fully saturated rings. The molecule has 1 amide bonds. The minimum Gasteiger partial charge on any atom is -0.449 e. The van der Waals surface area contributed by atoms with E-state index < -0.39 is 12.1 Å². The number of benzene rings is 2. The van der Waals surface area contributed by atoms with Crippen molar-refractivity contribution in [2.75, 3.05) is 5.32 Å². The molecule has 0 bridgehead atoms. The second kappa shape index (κ2) is 7.51. The quantitative estimate of drug-likeness (QED) is 0.839. The van der Waals surface area contributed by atoms with Crippen molar-refractivity contribution in [1.82, 2.24) is 0 Å². The first-order valence-electron chi connectivity index (χ1n) is 8.36. The molecule has 4 heteroatoms. The average Bonchev–Trinajstić information content (AvgIpc) is 2.52. The highest BCUT2D eigenvalue weighted by Crippen LogP contribution is 2.22. The van der Waals surface area contributed by atoms with Gasteiger partial charge in [-0.3, -0.25) is 4.79 Å². The van der Waals surface area contributed by atoms with Crippen molar-refractivity contribution in [1.29, 1.82) is 0 Å². The predicted octanol–water partition coefficient (Wildman–Crippen LogP) is 4.41. The summed E-state index contributed by atoms with van der Waals surface area (Å²) in [7, 11) is 0. The maximum atomic E-state index is 12.4. The molecule has 2 rings (SSSR count). The molecule has 2 aromatic rings. The third-order valence-corrected chi connectivity index (χ3v) is 4.40. The van der Waals surface area contributed by atoms with Crippen LogP contribution in [0.3, 0.4) is 0 Å². The molecule has 0 aliphatic heterocycles. The van der Waals surface area contributed by atoms with E-state index in [-0.39, 0.29) is 5.91 Å². The van der Waals surface area contributed by atoms with Crippen molar-refractivity contribution in [3.05, 3.63) is 63.7 Å². The number of carbonyl (C=O) groups excluding carboxylic acids is 2. The Morgan fingerprint density at radius 1 is 0.960 bits per heavy atom. The molecule has 0 heterocycles. The van der Waals surface area contributed by atoms with Crippen LogP contribution in [0, 0.1) is 34.6 Å². The van der Waals surface area contributed by atoms with Crippen LogP contribution < -0.4 is 5.32 Å². The van der Waals surface area contributed by atoms with E-state index in [9.17, 15) is 9.59 Å². The van der Waals surface area contributed by atoms with Crippen LogP contribution in [0.15, 0.2) is 30.3 Å². The number of esters is 1. The summed E-state index contributed by atoms with van der Waals surface area (Å²) in [6, 6.07) is 9.47. The summed E-state index contributed by atoms with van der Waals surface area (Å²) in [5.74, 6) is -0.824. The number of aryl methyl sites for hydroxylation is 4. The van der Waals surface area contributed by atoms with Crippen molar-refractivity contribution in [2.24, 2.45) is 0 Å². The Hall–Kier alpha value is -2.62. The van der Waals surface area contributed by atoms with Crippen molar-refractivity contribution in [3.8, 4) is 0 Å². The van der Waals surface area contributed by atoms with E-state index in [4.69, 9.17) is 4.74 Å². The number of carbonyl (C=O) groups is 2. The number of hydrogen-bond acceptors (Lipinski definition) is 3. The normalized spacial score (nSPS) is 11.8. The van der Waals surface area contributed by atoms with Crippen LogP contribution in [0.5, 0.6) is 0 Å². The molecule has 132 valence electrons. The zero-order valence-corrected chi connectivity index (χ0v) is 15.7. The molecule has 4 nitrogen and oxygen atoms in total. The fraction of sp³-hybridized carbons (Fsp3) is 0.333. The molecule has 2 aromatic carbocycles. The average molecular weight is 339 g/mol. The molecule has 0 unspecified atom stereocenters. The lowest BCUT2D eigenvalue weighted by atomic mass is 10.0. The van der Waals surface area contributed by atoms with Gasteiger partial charge < -0.3 is 10.1 Å². The van der Waals surface area contributed by atoms with Crippen LogP contribution in [0.1, 0.15) is 45.1 Å². The summed E-state index contributed by atoms with van der Waals surface area (Å²) in [6.45, 7) is 11.3. The van der Waals surface area contributed by atoms with Crippen molar-refractivity contribution in [2.45, 2.75) is 47.6 Å². The molecule has 0 spiro atoms. The predicted molar refractivity (Wildman–Crippen MR) is 100 cm³/mol. The van der Waals surface area contributed by atoms with Crippen LogP contribution in [-0.2, 0) is 9.53 Å². The Balaban J connectivity index is 2.11. The highest BCUT2D eigenvalue weighted by atomic mass is 16.5.